The molecular weight excluding hydrogens is 472 g/mol. The number of unbranched alkanes of at least 4 members (excludes halogenated alkanes) is 5. The number of amides is 1. The summed E-state index contributed by atoms with van der Waals surface area (Å²) in [5.74, 6) is 1.17. The molecule has 27 heavy (non-hydrogen) atoms. The van der Waals surface area contributed by atoms with Gasteiger partial charge in [-0.15, -0.1) is 5.67 Å². The number of hydrogen-bond donors (Lipinski definition) is 0. The Labute approximate surface area is 199 Å². The monoisotopic (exact) mass is 504 g/mol. The predicted molar refractivity (Wildman–Crippen MR) is 107 cm³/mol. The molecular formula is C21H34Cl2NOSiZr. The van der Waals surface area contributed by atoms with E-state index in [1.54, 1.807) is 0 Å². The molecule has 1 radical (unpaired) electrons. The maximum Gasteiger partial charge on any atom is 3.00 e. The van der Waals surface area contributed by atoms with Crippen molar-refractivity contribution in [3.63, 3.8) is 0 Å². The first-order valence-electron chi connectivity index (χ1n) is 9.83. The van der Waals surface area contributed by atoms with E-state index in [9.17, 15) is 4.79 Å². The van der Waals surface area contributed by atoms with E-state index in [-0.39, 0.29) is 71.3 Å². The van der Waals surface area contributed by atoms with Crippen LogP contribution in [0, 0.1) is 23.7 Å². The Bertz CT molecular complexity index is 506. The second-order valence-corrected chi connectivity index (χ2v) is 10.4. The zero-order valence-electron chi connectivity index (χ0n) is 16.7. The third-order valence-corrected chi connectivity index (χ3v) is 6.86. The maximum absolute atomic E-state index is 11.9. The fourth-order valence-corrected chi connectivity index (χ4v) is 5.22. The third kappa shape index (κ3) is 10.2. The van der Waals surface area contributed by atoms with Crippen molar-refractivity contribution in [2.45, 2.75) is 70.9 Å². The van der Waals surface area contributed by atoms with Crippen LogP contribution in [0.15, 0.2) is 24.3 Å². The average Bonchev–Trinajstić information content (AvgIpc) is 2.96. The van der Waals surface area contributed by atoms with Gasteiger partial charge in [0.15, 0.2) is 0 Å². The fourth-order valence-electron chi connectivity index (χ4n) is 4.44. The number of hydrogen-bond acceptors (Lipinski definition) is 1. The van der Waals surface area contributed by atoms with Gasteiger partial charge in [0.05, 0.1) is 5.91 Å². The van der Waals surface area contributed by atoms with Crippen LogP contribution in [0.1, 0.15) is 57.8 Å². The van der Waals surface area contributed by atoms with Gasteiger partial charge >= 0.3 is 26.2 Å². The van der Waals surface area contributed by atoms with Gasteiger partial charge in [-0.3, -0.25) is 0 Å². The van der Waals surface area contributed by atoms with Gasteiger partial charge in [-0.25, -0.2) is 0 Å². The molecule has 2 aliphatic rings. The Morgan fingerprint density at radius 3 is 2.37 bits per heavy atom. The van der Waals surface area contributed by atoms with Crippen LogP contribution in [0.25, 0.3) is 5.73 Å². The largest absolute Gasteiger partial charge is 3.00 e. The van der Waals surface area contributed by atoms with Crippen molar-refractivity contribution < 1.29 is 55.8 Å². The molecule has 0 heterocycles. The van der Waals surface area contributed by atoms with Crippen molar-refractivity contribution in [1.29, 1.82) is 0 Å². The molecule has 1 fully saturated rings. The topological polar surface area (TPSA) is 40.9 Å². The summed E-state index contributed by atoms with van der Waals surface area (Å²) in [5, 5.41) is 0. The summed E-state index contributed by atoms with van der Waals surface area (Å²) in [5.41, 5.74) is 10.2. The molecule has 1 amide bonds. The minimum absolute atomic E-state index is 0. The zero-order valence-corrected chi connectivity index (χ0v) is 21.7. The first-order chi connectivity index (χ1) is 11.6. The number of allylic oxidation sites excluding steroid dienone is 4. The van der Waals surface area contributed by atoms with Crippen molar-refractivity contribution in [2.75, 3.05) is 0 Å². The van der Waals surface area contributed by atoms with E-state index < -0.39 is 0 Å². The molecule has 6 heteroatoms. The molecule has 2 rings (SSSR count). The third-order valence-electron chi connectivity index (χ3n) is 5.75. The molecule has 1 N–H and O–H groups in total. The normalized spacial score (nSPS) is 23.3. The Hall–Kier alpha value is 0.500. The first kappa shape index (κ1) is 29.7. The second-order valence-electron chi connectivity index (χ2n) is 7.85. The summed E-state index contributed by atoms with van der Waals surface area (Å²) >= 11 is 0. The number of nitrogens with one attached hydrogen (secondary N) is 1. The molecule has 0 aromatic carbocycles. The average molecular weight is 507 g/mol. The van der Waals surface area contributed by atoms with E-state index >= 15 is 0 Å². The molecule has 2 nitrogen and oxygen atoms in total. The Balaban J connectivity index is 0. The van der Waals surface area contributed by atoms with Gasteiger partial charge in [-0.2, -0.15) is 0 Å². The second kappa shape index (κ2) is 16.3. The summed E-state index contributed by atoms with van der Waals surface area (Å²) in [6.07, 6.45) is 19.6. The molecule has 1 saturated carbocycles. The molecule has 0 spiro atoms. The number of rotatable bonds is 10. The van der Waals surface area contributed by atoms with Gasteiger partial charge in [0.2, 0.25) is 0 Å². The molecule has 4 unspecified atom stereocenters. The van der Waals surface area contributed by atoms with Crippen LogP contribution in [0.5, 0.6) is 0 Å². The maximum atomic E-state index is 11.9. The number of carbonyl (C=O) groups excluding carboxylic acids is 1. The van der Waals surface area contributed by atoms with E-state index in [0.29, 0.717) is 17.8 Å². The number of halogens is 2. The van der Waals surface area contributed by atoms with Crippen molar-refractivity contribution in [2.24, 2.45) is 23.7 Å². The standard InChI is InChI=1S/C21H35NOSi.2ClH.Zr/c1-24(2)16-10-6-4-3-5-7-13-20(21(22)23)19-15-14-17-11-8-9-12-18(17)19;;;/h8-9,11-12,16-20H,3-7,10,13-15H2,1-2H3,(H2,22,23);2*1H;/q;;;+3/p-3. The molecule has 2 aliphatic carbocycles. The van der Waals surface area contributed by atoms with Crippen molar-refractivity contribution in [1.82, 2.24) is 0 Å². The minimum atomic E-state index is -0.321. The zero-order chi connectivity index (χ0) is 17.4. The van der Waals surface area contributed by atoms with Gasteiger partial charge in [0.1, 0.15) is 0 Å². The minimum Gasteiger partial charge on any atom is -1.00 e. The summed E-state index contributed by atoms with van der Waals surface area (Å²) in [6, 6.07) is 0. The molecule has 0 aromatic rings. The fraction of sp³-hybridized carbons (Fsp3) is 0.714. The molecule has 4 atom stereocenters. The summed E-state index contributed by atoms with van der Waals surface area (Å²) in [7, 11) is -0.165. The van der Waals surface area contributed by atoms with Gasteiger partial charge in [-0.05, 0) is 51.8 Å². The van der Waals surface area contributed by atoms with E-state index in [4.69, 9.17) is 5.73 Å². The Kier molecular flexibility index (Phi) is 17.9. The Morgan fingerprint density at radius 1 is 1.07 bits per heavy atom. The van der Waals surface area contributed by atoms with Gasteiger partial charge < -0.3 is 35.3 Å². The van der Waals surface area contributed by atoms with E-state index in [1.165, 1.54) is 38.5 Å². The first-order valence-corrected chi connectivity index (χ1v) is 12.4. The summed E-state index contributed by atoms with van der Waals surface area (Å²) < 4.78 is 0. The number of carbonyl (C=O) groups is 1. The quantitative estimate of drug-likeness (QED) is 0.300. The molecule has 0 aromatic heterocycles. The van der Waals surface area contributed by atoms with Crippen LogP contribution >= 0.6 is 0 Å². The SMILES string of the molecule is C[Si](C)=CCCCCCCCC(C([NH-])=O)C1CCC2C=CC=CC21.[Cl-].[Cl-].[Zr+3]. The van der Waals surface area contributed by atoms with E-state index in [1.807, 2.05) is 0 Å². The molecule has 0 saturated heterocycles. The van der Waals surface area contributed by atoms with Crippen LogP contribution in [0.2, 0.25) is 13.1 Å². The van der Waals surface area contributed by atoms with Crippen molar-refractivity contribution in [3.05, 3.63) is 30.0 Å². The van der Waals surface area contributed by atoms with E-state index in [0.717, 1.165) is 19.3 Å². The summed E-state index contributed by atoms with van der Waals surface area (Å²) in [4.78, 5) is 11.9. The van der Waals surface area contributed by atoms with Crippen molar-refractivity contribution >= 4 is 20.0 Å². The van der Waals surface area contributed by atoms with Crippen LogP contribution in [-0.2, 0) is 31.0 Å². The Morgan fingerprint density at radius 2 is 1.70 bits per heavy atom. The summed E-state index contributed by atoms with van der Waals surface area (Å²) in [6.45, 7) is 4.68. The molecule has 0 bridgehead atoms. The van der Waals surface area contributed by atoms with Crippen molar-refractivity contribution in [3.8, 4) is 0 Å². The van der Waals surface area contributed by atoms with E-state index in [2.05, 4.69) is 43.1 Å². The smallest absolute Gasteiger partial charge is 1.00 e. The van der Waals surface area contributed by atoms with Crippen LogP contribution in [-0.4, -0.2) is 20.0 Å². The van der Waals surface area contributed by atoms with Crippen LogP contribution in [0.3, 0.4) is 0 Å². The van der Waals surface area contributed by atoms with Gasteiger partial charge in [0, 0.05) is 5.92 Å². The number of fused-ring (bicyclic) bond motifs is 1. The van der Waals surface area contributed by atoms with Crippen LogP contribution in [0.4, 0.5) is 0 Å². The molecule has 0 aliphatic heterocycles. The van der Waals surface area contributed by atoms with Gasteiger partial charge in [-0.1, -0.05) is 69.5 Å². The van der Waals surface area contributed by atoms with Gasteiger partial charge in [0.25, 0.3) is 0 Å². The predicted octanol–water partition coefficient (Wildman–Crippen LogP) is -0.176. The molecule has 151 valence electrons. The van der Waals surface area contributed by atoms with Crippen LogP contribution < -0.4 is 24.8 Å².